The summed E-state index contributed by atoms with van der Waals surface area (Å²) in [6.07, 6.45) is 8.07. The van der Waals surface area contributed by atoms with Crippen LogP contribution in [-0.4, -0.2) is 11.7 Å². The largest absolute Gasteiger partial charge is 0.508 e. The van der Waals surface area contributed by atoms with Gasteiger partial charge in [-0.25, -0.2) is 0 Å². The maximum Gasteiger partial charge on any atom is 0.115 e. The maximum atomic E-state index is 9.36. The molecule has 0 aliphatic heterocycles. The normalized spacial score (nSPS) is 24.5. The average molecular weight is 275 g/mol. The molecule has 0 spiro atoms. The molecule has 2 heteroatoms. The second-order valence-electron chi connectivity index (χ2n) is 6.43. The molecule has 0 saturated heterocycles. The van der Waals surface area contributed by atoms with Gasteiger partial charge in [-0.05, 0) is 55.3 Å². The third-order valence-electron chi connectivity index (χ3n) is 4.69. The topological polar surface area (TPSA) is 32.3 Å². The van der Waals surface area contributed by atoms with Crippen LogP contribution in [0.25, 0.3) is 0 Å². The van der Waals surface area contributed by atoms with E-state index in [0.29, 0.717) is 11.8 Å². The fraction of sp³-hybridized carbons (Fsp3) is 0.667. The lowest BCUT2D eigenvalue weighted by Gasteiger charge is -2.27. The highest BCUT2D eigenvalue weighted by atomic mass is 16.3. The Bertz CT molecular complexity index is 387. The molecule has 2 rings (SSSR count). The van der Waals surface area contributed by atoms with Crippen molar-refractivity contribution < 1.29 is 5.11 Å². The van der Waals surface area contributed by atoms with Crippen LogP contribution >= 0.6 is 0 Å². The van der Waals surface area contributed by atoms with Crippen LogP contribution in [0.4, 0.5) is 0 Å². The molecule has 112 valence electrons. The Balaban J connectivity index is 1.77. The fourth-order valence-electron chi connectivity index (χ4n) is 3.49. The van der Waals surface area contributed by atoms with Gasteiger partial charge in [-0.15, -0.1) is 0 Å². The lowest BCUT2D eigenvalue weighted by molar-refractivity contribution is 0.264. The van der Waals surface area contributed by atoms with Gasteiger partial charge in [0.15, 0.2) is 0 Å². The number of phenolic OH excluding ortho intramolecular Hbond substituents is 1. The van der Waals surface area contributed by atoms with E-state index in [2.05, 4.69) is 19.2 Å². The minimum Gasteiger partial charge on any atom is -0.508 e. The Morgan fingerprint density at radius 3 is 2.65 bits per heavy atom. The minimum absolute atomic E-state index is 0.347. The Labute approximate surface area is 123 Å². The molecule has 3 atom stereocenters. The maximum absolute atomic E-state index is 9.36. The summed E-state index contributed by atoms with van der Waals surface area (Å²) in [6.45, 7) is 5.72. The summed E-state index contributed by atoms with van der Waals surface area (Å²) < 4.78 is 0. The zero-order valence-electron chi connectivity index (χ0n) is 12.9. The standard InChI is InChI=1S/C18H29NO/c1-3-18(16-7-9-17(20)10-8-16)19-12-11-15-6-4-5-14(2)13-15/h7-10,14-15,18-20H,3-6,11-13H2,1-2H3. The van der Waals surface area contributed by atoms with E-state index in [4.69, 9.17) is 0 Å². The second kappa shape index (κ2) is 7.68. The van der Waals surface area contributed by atoms with Crippen molar-refractivity contribution in [2.45, 2.75) is 58.4 Å². The highest BCUT2D eigenvalue weighted by Gasteiger charge is 2.18. The second-order valence-corrected chi connectivity index (χ2v) is 6.43. The predicted molar refractivity (Wildman–Crippen MR) is 84.9 cm³/mol. The van der Waals surface area contributed by atoms with Crippen LogP contribution in [0.15, 0.2) is 24.3 Å². The first-order chi connectivity index (χ1) is 9.69. The zero-order valence-corrected chi connectivity index (χ0v) is 12.9. The Kier molecular flexibility index (Phi) is 5.90. The van der Waals surface area contributed by atoms with Crippen molar-refractivity contribution in [1.82, 2.24) is 5.32 Å². The number of benzene rings is 1. The highest BCUT2D eigenvalue weighted by Crippen LogP contribution is 2.30. The van der Waals surface area contributed by atoms with E-state index in [9.17, 15) is 5.11 Å². The number of hydrogen-bond acceptors (Lipinski definition) is 2. The van der Waals surface area contributed by atoms with Crippen molar-refractivity contribution in [2.24, 2.45) is 11.8 Å². The first-order valence-electron chi connectivity index (χ1n) is 8.21. The molecule has 1 aromatic rings. The summed E-state index contributed by atoms with van der Waals surface area (Å²) in [5, 5.41) is 13.0. The van der Waals surface area contributed by atoms with Gasteiger partial charge in [0.1, 0.15) is 5.75 Å². The van der Waals surface area contributed by atoms with Gasteiger partial charge in [-0.2, -0.15) is 0 Å². The molecule has 1 aliphatic carbocycles. The first-order valence-corrected chi connectivity index (χ1v) is 8.21. The molecule has 1 aromatic carbocycles. The van der Waals surface area contributed by atoms with E-state index in [1.54, 1.807) is 12.1 Å². The molecular weight excluding hydrogens is 246 g/mol. The molecule has 1 aliphatic rings. The molecule has 0 bridgehead atoms. The van der Waals surface area contributed by atoms with Crippen LogP contribution in [0.3, 0.4) is 0 Å². The van der Waals surface area contributed by atoms with E-state index in [0.717, 1.165) is 24.8 Å². The highest BCUT2D eigenvalue weighted by molar-refractivity contribution is 5.27. The molecule has 1 saturated carbocycles. The molecule has 3 unspecified atom stereocenters. The van der Waals surface area contributed by atoms with Crippen molar-refractivity contribution in [2.75, 3.05) is 6.54 Å². The SMILES string of the molecule is CCC(NCCC1CCCC(C)C1)c1ccc(O)cc1. The smallest absolute Gasteiger partial charge is 0.115 e. The summed E-state index contributed by atoms with van der Waals surface area (Å²) >= 11 is 0. The first kappa shape index (κ1) is 15.4. The van der Waals surface area contributed by atoms with Gasteiger partial charge in [0.2, 0.25) is 0 Å². The van der Waals surface area contributed by atoms with Crippen LogP contribution in [0.2, 0.25) is 0 Å². The van der Waals surface area contributed by atoms with Crippen molar-refractivity contribution in [3.05, 3.63) is 29.8 Å². The van der Waals surface area contributed by atoms with E-state index < -0.39 is 0 Å². The molecule has 2 N–H and O–H groups in total. The van der Waals surface area contributed by atoms with Crippen LogP contribution in [0.1, 0.15) is 64.0 Å². The van der Waals surface area contributed by atoms with Gasteiger partial charge in [0, 0.05) is 6.04 Å². The van der Waals surface area contributed by atoms with Crippen molar-refractivity contribution in [3.63, 3.8) is 0 Å². The lowest BCUT2D eigenvalue weighted by Crippen LogP contribution is -2.25. The van der Waals surface area contributed by atoms with Crippen molar-refractivity contribution >= 4 is 0 Å². The van der Waals surface area contributed by atoms with E-state index in [1.165, 1.54) is 37.7 Å². The van der Waals surface area contributed by atoms with Gasteiger partial charge < -0.3 is 10.4 Å². The Hall–Kier alpha value is -1.02. The molecule has 20 heavy (non-hydrogen) atoms. The van der Waals surface area contributed by atoms with Crippen molar-refractivity contribution in [3.8, 4) is 5.75 Å². The van der Waals surface area contributed by atoms with Gasteiger partial charge >= 0.3 is 0 Å². The van der Waals surface area contributed by atoms with Crippen LogP contribution < -0.4 is 5.32 Å². The summed E-state index contributed by atoms with van der Waals surface area (Å²) in [5.41, 5.74) is 1.28. The molecular formula is C18H29NO. The molecule has 0 heterocycles. The van der Waals surface area contributed by atoms with E-state index in [-0.39, 0.29) is 0 Å². The van der Waals surface area contributed by atoms with E-state index >= 15 is 0 Å². The van der Waals surface area contributed by atoms with Crippen molar-refractivity contribution in [1.29, 1.82) is 0 Å². The van der Waals surface area contributed by atoms with Crippen LogP contribution in [0.5, 0.6) is 5.75 Å². The number of nitrogens with one attached hydrogen (secondary N) is 1. The molecule has 0 aromatic heterocycles. The number of aromatic hydroxyl groups is 1. The van der Waals surface area contributed by atoms with Crippen LogP contribution in [-0.2, 0) is 0 Å². The number of rotatable bonds is 6. The minimum atomic E-state index is 0.347. The van der Waals surface area contributed by atoms with Gasteiger partial charge in [-0.1, -0.05) is 45.2 Å². The summed E-state index contributed by atoms with van der Waals surface area (Å²) in [6, 6.07) is 8.03. The number of hydrogen-bond donors (Lipinski definition) is 2. The molecule has 1 fully saturated rings. The predicted octanol–water partition coefficient (Wildman–Crippen LogP) is 4.65. The fourth-order valence-corrected chi connectivity index (χ4v) is 3.49. The molecule has 0 amide bonds. The van der Waals surface area contributed by atoms with Gasteiger partial charge in [0.05, 0.1) is 0 Å². The Morgan fingerprint density at radius 2 is 2.00 bits per heavy atom. The third kappa shape index (κ3) is 4.52. The molecule has 2 nitrogen and oxygen atoms in total. The molecule has 0 radical (unpaired) electrons. The zero-order chi connectivity index (χ0) is 14.4. The third-order valence-corrected chi connectivity index (χ3v) is 4.69. The monoisotopic (exact) mass is 275 g/mol. The quantitative estimate of drug-likeness (QED) is 0.792. The van der Waals surface area contributed by atoms with Crippen LogP contribution in [0, 0.1) is 11.8 Å². The van der Waals surface area contributed by atoms with Gasteiger partial charge in [-0.3, -0.25) is 0 Å². The summed E-state index contributed by atoms with van der Waals surface area (Å²) in [4.78, 5) is 0. The summed E-state index contributed by atoms with van der Waals surface area (Å²) in [7, 11) is 0. The summed E-state index contributed by atoms with van der Waals surface area (Å²) in [5.74, 6) is 2.19. The van der Waals surface area contributed by atoms with E-state index in [1.807, 2.05) is 12.1 Å². The number of phenols is 1. The Morgan fingerprint density at radius 1 is 1.25 bits per heavy atom. The average Bonchev–Trinajstić information content (AvgIpc) is 2.45. The van der Waals surface area contributed by atoms with Gasteiger partial charge in [0.25, 0.3) is 0 Å². The lowest BCUT2D eigenvalue weighted by atomic mass is 9.81.